The van der Waals surface area contributed by atoms with E-state index in [0.29, 0.717) is 22.8 Å². The highest BCUT2D eigenvalue weighted by atomic mass is 35.5. The molecule has 1 aliphatic heterocycles. The number of rotatable bonds is 8. The summed E-state index contributed by atoms with van der Waals surface area (Å²) in [6.07, 6.45) is 0.504. The van der Waals surface area contributed by atoms with E-state index in [9.17, 15) is 24.0 Å². The quantitative estimate of drug-likeness (QED) is 0.319. The van der Waals surface area contributed by atoms with E-state index in [1.54, 1.807) is 24.3 Å². The zero-order chi connectivity index (χ0) is 31.6. The molecule has 1 aromatic heterocycles. The number of nitrogens with zero attached hydrogens (tertiary/aromatic N) is 2. The second-order valence-corrected chi connectivity index (χ2v) is 12.8. The summed E-state index contributed by atoms with van der Waals surface area (Å²) >= 11 is 13.6. The van der Waals surface area contributed by atoms with Gasteiger partial charge in [-0.25, -0.2) is 4.79 Å². The maximum atomic E-state index is 14.6. The van der Waals surface area contributed by atoms with Crippen molar-refractivity contribution in [2.45, 2.75) is 45.6 Å². The molecule has 11 nitrogen and oxygen atoms in total. The number of anilines is 3. The fourth-order valence-electron chi connectivity index (χ4n) is 5.18. The molecule has 0 bridgehead atoms. The second kappa shape index (κ2) is 12.9. The maximum absolute atomic E-state index is 14.6. The molecule has 228 valence electrons. The van der Waals surface area contributed by atoms with Crippen LogP contribution >= 0.6 is 34.5 Å². The molecule has 4 N–H and O–H groups in total. The van der Waals surface area contributed by atoms with Crippen LogP contribution in [0.3, 0.4) is 0 Å². The van der Waals surface area contributed by atoms with E-state index in [1.165, 1.54) is 49.1 Å². The van der Waals surface area contributed by atoms with Gasteiger partial charge in [-0.2, -0.15) is 0 Å². The van der Waals surface area contributed by atoms with E-state index in [4.69, 9.17) is 23.2 Å². The van der Waals surface area contributed by atoms with Gasteiger partial charge in [-0.3, -0.25) is 24.5 Å². The number of carbonyl (C=O) groups is 5. The fraction of sp³-hybridized carbons (Fsp3) is 0.464. The molecule has 0 aliphatic carbocycles. The Morgan fingerprint density at radius 2 is 1.62 bits per heavy atom. The summed E-state index contributed by atoms with van der Waals surface area (Å²) in [7, 11) is 2.85. The van der Waals surface area contributed by atoms with Gasteiger partial charge in [-0.1, -0.05) is 63.9 Å². The summed E-state index contributed by atoms with van der Waals surface area (Å²) in [4.78, 5) is 69.7. The monoisotopic (exact) mass is 638 g/mol. The lowest BCUT2D eigenvalue weighted by atomic mass is 9.70. The fourth-order valence-corrected chi connectivity index (χ4v) is 6.64. The van der Waals surface area contributed by atoms with Crippen molar-refractivity contribution < 1.29 is 24.0 Å². The number of nitrogens with one attached hydrogen (secondary N) is 4. The van der Waals surface area contributed by atoms with Gasteiger partial charge in [0.15, 0.2) is 0 Å². The van der Waals surface area contributed by atoms with E-state index in [0.717, 1.165) is 4.88 Å². The van der Waals surface area contributed by atoms with Gasteiger partial charge in [-0.05, 0) is 23.6 Å². The van der Waals surface area contributed by atoms with Crippen LogP contribution in [0.1, 0.15) is 39.5 Å². The van der Waals surface area contributed by atoms with Gasteiger partial charge in [0.25, 0.3) is 5.91 Å². The minimum atomic E-state index is -1.85. The number of hydrogen-bond acceptors (Lipinski definition) is 6. The molecule has 2 unspecified atom stereocenters. The van der Waals surface area contributed by atoms with E-state index in [-0.39, 0.29) is 28.5 Å². The first-order chi connectivity index (χ1) is 19.6. The Balaban J connectivity index is 2.14. The maximum Gasteiger partial charge on any atom is 0.324 e. The number of piperazine rings is 1. The van der Waals surface area contributed by atoms with Crippen LogP contribution in [0.4, 0.5) is 21.2 Å². The number of hydrogen-bond donors (Lipinski definition) is 4. The van der Waals surface area contributed by atoms with Gasteiger partial charge < -0.3 is 25.8 Å². The summed E-state index contributed by atoms with van der Waals surface area (Å²) in [6, 6.07) is 6.02. The van der Waals surface area contributed by atoms with Gasteiger partial charge in [0.2, 0.25) is 18.2 Å². The van der Waals surface area contributed by atoms with Crippen LogP contribution in [0, 0.1) is 11.8 Å². The summed E-state index contributed by atoms with van der Waals surface area (Å²) < 4.78 is 0. The molecule has 0 spiro atoms. The zero-order valence-electron chi connectivity index (χ0n) is 24.6. The predicted molar refractivity (Wildman–Crippen MR) is 166 cm³/mol. The number of benzene rings is 1. The van der Waals surface area contributed by atoms with Crippen molar-refractivity contribution in [1.29, 1.82) is 0 Å². The molecule has 3 rings (SSSR count). The Hall–Kier alpha value is -3.35. The van der Waals surface area contributed by atoms with Crippen molar-refractivity contribution in [3.63, 3.8) is 0 Å². The number of halogens is 2. The van der Waals surface area contributed by atoms with Crippen molar-refractivity contribution in [2.24, 2.45) is 11.8 Å². The predicted octanol–water partition coefficient (Wildman–Crippen LogP) is 4.30. The van der Waals surface area contributed by atoms with Crippen LogP contribution in [-0.2, 0) is 24.6 Å². The van der Waals surface area contributed by atoms with Crippen molar-refractivity contribution in [3.8, 4) is 0 Å². The molecule has 2 aromatic rings. The van der Waals surface area contributed by atoms with Crippen LogP contribution in [0.15, 0.2) is 24.3 Å². The highest BCUT2D eigenvalue weighted by molar-refractivity contribution is 7.17. The van der Waals surface area contributed by atoms with Gasteiger partial charge in [-0.15, -0.1) is 11.3 Å². The standard InChI is InChI=1S/C28H36Cl2N6O5S/c1-15(22(38)31-6)28(16(2)23(39)32-7)25(40)36(12-11-35(28)14-37)19-13-20(27(3,4)5)42-24(19)34-26(41)33-18-10-8-9-17(29)21(18)30/h8-10,13-16H,11-12H2,1-7H3,(H,31,38)(H,32,39)(H2,33,34,41). The van der Waals surface area contributed by atoms with Crippen LogP contribution in [0.25, 0.3) is 0 Å². The van der Waals surface area contributed by atoms with E-state index in [2.05, 4.69) is 21.3 Å². The van der Waals surface area contributed by atoms with Crippen LogP contribution in [-0.4, -0.2) is 67.8 Å². The number of urea groups is 1. The number of carbonyl (C=O) groups excluding carboxylic acids is 5. The summed E-state index contributed by atoms with van der Waals surface area (Å²) in [5, 5.41) is 11.4. The van der Waals surface area contributed by atoms with E-state index >= 15 is 0 Å². The molecule has 0 saturated carbocycles. The molecular weight excluding hydrogens is 603 g/mol. The normalized spacial score (nSPS) is 18.6. The van der Waals surface area contributed by atoms with Crippen LogP contribution < -0.4 is 26.2 Å². The smallest absolute Gasteiger partial charge is 0.324 e. The van der Waals surface area contributed by atoms with Crippen LogP contribution in [0.5, 0.6) is 0 Å². The summed E-state index contributed by atoms with van der Waals surface area (Å²) in [6.45, 7) is 9.14. The average molecular weight is 640 g/mol. The second-order valence-electron chi connectivity index (χ2n) is 11.0. The van der Waals surface area contributed by atoms with Gasteiger partial charge in [0.05, 0.1) is 33.3 Å². The summed E-state index contributed by atoms with van der Waals surface area (Å²) in [5.74, 6) is -3.83. The van der Waals surface area contributed by atoms with Crippen molar-refractivity contribution in [1.82, 2.24) is 15.5 Å². The minimum absolute atomic E-state index is 0.0440. The van der Waals surface area contributed by atoms with Gasteiger partial charge in [0.1, 0.15) is 10.5 Å². The number of amides is 6. The first-order valence-electron chi connectivity index (χ1n) is 13.3. The highest BCUT2D eigenvalue weighted by Gasteiger charge is 2.60. The van der Waals surface area contributed by atoms with Gasteiger partial charge >= 0.3 is 6.03 Å². The Bertz CT molecular complexity index is 1370. The molecular formula is C28H36Cl2N6O5S. The Labute approximate surface area is 259 Å². The molecule has 6 amide bonds. The topological polar surface area (TPSA) is 140 Å². The van der Waals surface area contributed by atoms with Crippen LogP contribution in [0.2, 0.25) is 10.0 Å². The minimum Gasteiger partial charge on any atom is -0.359 e. The average Bonchev–Trinajstić information content (AvgIpc) is 3.37. The molecule has 42 heavy (non-hydrogen) atoms. The highest BCUT2D eigenvalue weighted by Crippen LogP contribution is 2.45. The largest absolute Gasteiger partial charge is 0.359 e. The molecule has 0 radical (unpaired) electrons. The van der Waals surface area contributed by atoms with Crippen molar-refractivity contribution in [2.75, 3.05) is 42.7 Å². The lowest BCUT2D eigenvalue weighted by molar-refractivity contribution is -0.159. The molecule has 1 aromatic carbocycles. The first kappa shape index (κ1) is 33.2. The van der Waals surface area contributed by atoms with Gasteiger partial charge in [0, 0.05) is 32.1 Å². The molecule has 2 heterocycles. The van der Waals surface area contributed by atoms with Crippen molar-refractivity contribution >= 4 is 81.1 Å². The third kappa shape index (κ3) is 6.06. The Morgan fingerprint density at radius 3 is 2.14 bits per heavy atom. The Morgan fingerprint density at radius 1 is 1.02 bits per heavy atom. The molecule has 2 atom stereocenters. The number of thiophene rings is 1. The van der Waals surface area contributed by atoms with Crippen molar-refractivity contribution in [3.05, 3.63) is 39.2 Å². The molecule has 14 heteroatoms. The van der Waals surface area contributed by atoms with E-state index in [1.807, 2.05) is 20.8 Å². The SMILES string of the molecule is CNC(=O)C(C)C1(C(C)C(=O)NC)C(=O)N(c2cc(C(C)(C)C)sc2NC(=O)Nc2cccc(Cl)c2Cl)CCN1C=O. The third-order valence-corrected chi connectivity index (χ3v) is 9.81. The zero-order valence-corrected chi connectivity index (χ0v) is 26.9. The molecule has 1 aliphatic rings. The lowest BCUT2D eigenvalue weighted by Crippen LogP contribution is -2.74. The van der Waals surface area contributed by atoms with E-state index < -0.39 is 41.1 Å². The first-order valence-corrected chi connectivity index (χ1v) is 14.9. The molecule has 1 saturated heterocycles. The summed E-state index contributed by atoms with van der Waals surface area (Å²) in [5.41, 5.74) is -1.52. The lowest BCUT2D eigenvalue weighted by Gasteiger charge is -2.52. The third-order valence-electron chi connectivity index (χ3n) is 7.52. The molecule has 1 fully saturated rings. The Kier molecular flexibility index (Phi) is 10.2.